The van der Waals surface area contributed by atoms with Gasteiger partial charge in [0, 0.05) is 29.7 Å². The average Bonchev–Trinajstić information content (AvgIpc) is 3.53. The number of hydrogen-bond acceptors (Lipinski definition) is 1. The summed E-state index contributed by atoms with van der Waals surface area (Å²) >= 11 is 1.88. The zero-order valence-corrected chi connectivity index (χ0v) is 24.8. The van der Waals surface area contributed by atoms with E-state index in [0.717, 1.165) is 32.7 Å². The van der Waals surface area contributed by atoms with Crippen LogP contribution < -0.4 is 0 Å². The van der Waals surface area contributed by atoms with Gasteiger partial charge in [-0.1, -0.05) is 117 Å². The van der Waals surface area contributed by atoms with E-state index in [4.69, 9.17) is 4.11 Å². The summed E-state index contributed by atoms with van der Waals surface area (Å²) in [6.07, 6.45) is 0. The maximum absolute atomic E-state index is 8.33. The van der Waals surface area contributed by atoms with Gasteiger partial charge in [-0.3, -0.25) is 0 Å². The van der Waals surface area contributed by atoms with E-state index in [0.29, 0.717) is 5.56 Å². The summed E-state index contributed by atoms with van der Waals surface area (Å²) < 4.78 is 27.7. The van der Waals surface area contributed by atoms with E-state index >= 15 is 0 Å². The highest BCUT2D eigenvalue weighted by atomic mass is 32.1. The molecule has 0 saturated heterocycles. The van der Waals surface area contributed by atoms with E-state index in [1.807, 2.05) is 29.5 Å². The summed E-state index contributed by atoms with van der Waals surface area (Å²) in [6, 6.07) is 45.0. The molecule has 43 heavy (non-hydrogen) atoms. The molecular formula is C42H30S. The van der Waals surface area contributed by atoms with Gasteiger partial charge < -0.3 is 0 Å². The second-order valence-electron chi connectivity index (χ2n) is 12.3. The van der Waals surface area contributed by atoms with Gasteiger partial charge in [0.15, 0.2) is 0 Å². The summed E-state index contributed by atoms with van der Waals surface area (Å²) in [5, 5.41) is 7.02. The first kappa shape index (κ1) is 21.9. The molecule has 1 heteroatoms. The smallest absolute Gasteiger partial charge is 0.0358 e. The van der Waals surface area contributed by atoms with Gasteiger partial charge in [0.2, 0.25) is 0 Å². The molecule has 1 aliphatic carbocycles. The van der Waals surface area contributed by atoms with E-state index in [9.17, 15) is 0 Å². The van der Waals surface area contributed by atoms with Gasteiger partial charge in [-0.2, -0.15) is 0 Å². The van der Waals surface area contributed by atoms with Crippen LogP contribution in [0.4, 0.5) is 0 Å². The van der Waals surface area contributed by atoms with E-state index < -0.39 is 6.85 Å². The van der Waals surface area contributed by atoms with E-state index in [1.165, 1.54) is 53.6 Å². The summed E-state index contributed by atoms with van der Waals surface area (Å²) in [5.41, 5.74) is 9.67. The van der Waals surface area contributed by atoms with E-state index in [-0.39, 0.29) is 5.41 Å². The number of hydrogen-bond donors (Lipinski definition) is 0. The third-order valence-electron chi connectivity index (χ3n) is 9.59. The van der Waals surface area contributed by atoms with Crippen LogP contribution in [0.25, 0.3) is 75.1 Å². The lowest BCUT2D eigenvalue weighted by Crippen LogP contribution is -2.15. The average molecular weight is 570 g/mol. The Kier molecular flexibility index (Phi) is 4.53. The fourth-order valence-electron chi connectivity index (χ4n) is 7.54. The molecule has 0 N–H and O–H groups in total. The van der Waals surface area contributed by atoms with E-state index in [2.05, 4.69) is 117 Å². The van der Waals surface area contributed by atoms with Gasteiger partial charge in [-0.15, -0.1) is 11.3 Å². The molecule has 0 spiro atoms. The largest absolute Gasteiger partial charge is 0.135 e. The quantitative estimate of drug-likeness (QED) is 0.182. The van der Waals surface area contributed by atoms with Crippen LogP contribution in [-0.2, 0) is 5.41 Å². The van der Waals surface area contributed by atoms with Crippen molar-refractivity contribution in [2.75, 3.05) is 0 Å². The second kappa shape index (κ2) is 8.89. The van der Waals surface area contributed by atoms with Crippen molar-refractivity contribution in [1.82, 2.24) is 0 Å². The van der Waals surface area contributed by atoms with Crippen molar-refractivity contribution in [3.63, 3.8) is 0 Å². The van der Waals surface area contributed by atoms with Crippen LogP contribution in [0.15, 0.2) is 127 Å². The molecule has 7 aromatic carbocycles. The Hall–Kier alpha value is -4.72. The first-order chi connectivity index (χ1) is 22.2. The number of thiophene rings is 1. The Labute approximate surface area is 260 Å². The first-order valence-electron chi connectivity index (χ1n) is 16.4. The van der Waals surface area contributed by atoms with Gasteiger partial charge in [0.25, 0.3) is 0 Å². The van der Waals surface area contributed by atoms with Crippen LogP contribution in [-0.4, -0.2) is 0 Å². The minimum absolute atomic E-state index is 0.158. The molecule has 0 saturated carbocycles. The van der Waals surface area contributed by atoms with Crippen molar-refractivity contribution < 1.29 is 4.11 Å². The normalized spacial score (nSPS) is 15.0. The highest BCUT2D eigenvalue weighted by Gasteiger charge is 2.36. The van der Waals surface area contributed by atoms with Gasteiger partial charge >= 0.3 is 0 Å². The van der Waals surface area contributed by atoms with Crippen LogP contribution >= 0.6 is 11.3 Å². The number of rotatable bonds is 2. The minimum atomic E-state index is -2.22. The lowest BCUT2D eigenvalue weighted by molar-refractivity contribution is 0.661. The SMILES string of the molecule is [2H]C([2H])([2H])c1ccccc1-c1c2ccccc2c(-c2ccc3c(c2)C(C)(C)c2cc4sc5ccccc5c4cc2-3)c2ccccc12. The molecule has 9 rings (SSSR count). The summed E-state index contributed by atoms with van der Waals surface area (Å²) in [7, 11) is 0. The van der Waals surface area contributed by atoms with Crippen molar-refractivity contribution in [1.29, 1.82) is 0 Å². The molecule has 0 bridgehead atoms. The second-order valence-corrected chi connectivity index (χ2v) is 13.3. The zero-order valence-electron chi connectivity index (χ0n) is 27.0. The fourth-order valence-corrected chi connectivity index (χ4v) is 8.67. The van der Waals surface area contributed by atoms with Crippen molar-refractivity contribution in [3.05, 3.63) is 144 Å². The molecule has 0 unspecified atom stereocenters. The maximum atomic E-state index is 8.33. The third-order valence-corrected chi connectivity index (χ3v) is 10.7. The molecular weight excluding hydrogens is 537 g/mol. The Morgan fingerprint density at radius 2 is 1.09 bits per heavy atom. The fraction of sp³-hybridized carbons (Fsp3) is 0.0952. The molecule has 204 valence electrons. The third kappa shape index (κ3) is 3.43. The van der Waals surface area contributed by atoms with Gasteiger partial charge in [0.1, 0.15) is 0 Å². The molecule has 1 heterocycles. The van der Waals surface area contributed by atoms with Crippen LogP contribution in [0.3, 0.4) is 0 Å². The Bertz CT molecular complexity index is 2490. The molecule has 0 atom stereocenters. The summed E-state index contributed by atoms with van der Waals surface area (Å²) in [5.74, 6) is 0. The lowest BCUT2D eigenvalue weighted by atomic mass is 9.80. The summed E-state index contributed by atoms with van der Waals surface area (Å²) in [6.45, 7) is 2.48. The minimum Gasteiger partial charge on any atom is -0.135 e. The van der Waals surface area contributed by atoms with Gasteiger partial charge in [-0.25, -0.2) is 0 Å². The predicted molar refractivity (Wildman–Crippen MR) is 188 cm³/mol. The molecule has 0 amide bonds. The highest BCUT2D eigenvalue weighted by Crippen LogP contribution is 2.53. The lowest BCUT2D eigenvalue weighted by Gasteiger charge is -2.23. The Morgan fingerprint density at radius 3 is 1.81 bits per heavy atom. The van der Waals surface area contributed by atoms with Crippen LogP contribution in [0.5, 0.6) is 0 Å². The molecule has 1 aliphatic rings. The molecule has 0 fully saturated rings. The van der Waals surface area contributed by atoms with Crippen molar-refractivity contribution in [2.24, 2.45) is 0 Å². The number of benzene rings is 7. The predicted octanol–water partition coefficient (Wildman–Crippen LogP) is 12.3. The van der Waals surface area contributed by atoms with E-state index in [1.54, 1.807) is 6.07 Å². The van der Waals surface area contributed by atoms with Crippen LogP contribution in [0, 0.1) is 6.85 Å². The topological polar surface area (TPSA) is 0 Å². The van der Waals surface area contributed by atoms with Gasteiger partial charge in [-0.05, 0) is 103 Å². The maximum Gasteiger partial charge on any atom is 0.0358 e. The first-order valence-corrected chi connectivity index (χ1v) is 15.7. The van der Waals surface area contributed by atoms with Crippen LogP contribution in [0.2, 0.25) is 0 Å². The standard InChI is InChI=1S/C42H30S/c1-25-12-4-5-13-27(25)41-32-17-8-6-15-30(32)40(31-16-7-9-18-33(31)41)26-20-21-28-34-23-35-29-14-10-11-19-38(29)43-39(35)24-37(34)42(2,3)36(28)22-26/h4-24H,1-3H3/i1D3. The molecule has 1 aromatic heterocycles. The van der Waals surface area contributed by atoms with Crippen molar-refractivity contribution in [3.8, 4) is 33.4 Å². The van der Waals surface area contributed by atoms with Crippen molar-refractivity contribution >= 4 is 53.1 Å². The number of fused-ring (bicyclic) bond motifs is 8. The number of aryl methyl sites for hydroxylation is 1. The highest BCUT2D eigenvalue weighted by molar-refractivity contribution is 7.25. The summed E-state index contributed by atoms with van der Waals surface area (Å²) in [4.78, 5) is 0. The Morgan fingerprint density at radius 1 is 0.488 bits per heavy atom. The van der Waals surface area contributed by atoms with Crippen molar-refractivity contribution in [2.45, 2.75) is 26.1 Å². The zero-order chi connectivity index (χ0) is 31.4. The Balaban J connectivity index is 1.31. The molecule has 0 aliphatic heterocycles. The van der Waals surface area contributed by atoms with Gasteiger partial charge in [0.05, 0.1) is 0 Å². The molecule has 0 radical (unpaired) electrons. The molecule has 0 nitrogen and oxygen atoms in total. The monoisotopic (exact) mass is 569 g/mol. The molecule has 8 aromatic rings. The van der Waals surface area contributed by atoms with Crippen LogP contribution in [0.1, 0.15) is 34.7 Å².